The van der Waals surface area contributed by atoms with Gasteiger partial charge in [-0.1, -0.05) is 45.1 Å². The van der Waals surface area contributed by atoms with Crippen LogP contribution in [-0.4, -0.2) is 15.3 Å². The van der Waals surface area contributed by atoms with Crippen LogP contribution < -0.4 is 0 Å². The van der Waals surface area contributed by atoms with Crippen molar-refractivity contribution in [1.29, 1.82) is 0 Å². The average molecular weight is 352 g/mol. The van der Waals surface area contributed by atoms with Crippen molar-refractivity contribution >= 4 is 11.8 Å². The summed E-state index contributed by atoms with van der Waals surface area (Å²) < 4.78 is 29.3. The standard InChI is InChI=1S/C19H26F2N2S/c1-2-3-4-5-6-7-12-24-19(14-23-11-10-22-15-23)17-9-8-16(20)13-18(17)21/h8-11,13,15,19H,2-7,12,14H2,1H3. The maximum atomic E-state index is 14.2. The Hall–Kier alpha value is -1.36. The average Bonchev–Trinajstić information content (AvgIpc) is 3.06. The molecule has 0 saturated carbocycles. The van der Waals surface area contributed by atoms with E-state index in [-0.39, 0.29) is 5.25 Å². The monoisotopic (exact) mass is 352 g/mol. The van der Waals surface area contributed by atoms with Crippen LogP contribution in [0.1, 0.15) is 56.3 Å². The van der Waals surface area contributed by atoms with Gasteiger partial charge in [0.2, 0.25) is 0 Å². The Morgan fingerprint density at radius 1 is 1.12 bits per heavy atom. The van der Waals surface area contributed by atoms with Crippen molar-refractivity contribution in [2.75, 3.05) is 5.75 Å². The second kappa shape index (κ2) is 10.5. The number of rotatable bonds is 11. The number of nitrogens with zero attached hydrogens (tertiary/aromatic N) is 2. The molecule has 2 rings (SSSR count). The maximum Gasteiger partial charge on any atom is 0.130 e. The number of hydrogen-bond acceptors (Lipinski definition) is 2. The number of halogens is 2. The second-order valence-corrected chi connectivity index (χ2v) is 7.36. The lowest BCUT2D eigenvalue weighted by Gasteiger charge is -2.18. The normalized spacial score (nSPS) is 12.5. The minimum atomic E-state index is -0.529. The number of benzene rings is 1. The number of imidazole rings is 1. The van der Waals surface area contributed by atoms with Crippen LogP contribution in [-0.2, 0) is 6.54 Å². The molecule has 1 aromatic carbocycles. The molecule has 0 bridgehead atoms. The van der Waals surface area contributed by atoms with Gasteiger partial charge in [0.15, 0.2) is 0 Å². The summed E-state index contributed by atoms with van der Waals surface area (Å²) in [5.74, 6) is -0.00316. The summed E-state index contributed by atoms with van der Waals surface area (Å²) in [6, 6.07) is 3.88. The SMILES string of the molecule is CCCCCCCCSC(Cn1ccnc1)c1ccc(F)cc1F. The van der Waals surface area contributed by atoms with Crippen LogP contribution >= 0.6 is 11.8 Å². The van der Waals surface area contributed by atoms with E-state index in [1.807, 2.05) is 10.8 Å². The number of thioether (sulfide) groups is 1. The van der Waals surface area contributed by atoms with E-state index in [4.69, 9.17) is 0 Å². The molecule has 0 aliphatic rings. The molecule has 1 atom stereocenters. The van der Waals surface area contributed by atoms with E-state index in [9.17, 15) is 8.78 Å². The van der Waals surface area contributed by atoms with Gasteiger partial charge in [0.25, 0.3) is 0 Å². The number of hydrogen-bond donors (Lipinski definition) is 0. The van der Waals surface area contributed by atoms with Crippen molar-refractivity contribution in [2.24, 2.45) is 0 Å². The molecule has 132 valence electrons. The van der Waals surface area contributed by atoms with E-state index >= 15 is 0 Å². The third-order valence-corrected chi connectivity index (χ3v) is 5.39. The highest BCUT2D eigenvalue weighted by Crippen LogP contribution is 2.33. The molecule has 0 amide bonds. The highest BCUT2D eigenvalue weighted by molar-refractivity contribution is 7.99. The predicted octanol–water partition coefficient (Wildman–Crippen LogP) is 6.00. The van der Waals surface area contributed by atoms with Gasteiger partial charge in [-0.2, -0.15) is 11.8 Å². The van der Waals surface area contributed by atoms with Gasteiger partial charge in [-0.15, -0.1) is 0 Å². The van der Waals surface area contributed by atoms with E-state index in [1.54, 1.807) is 30.4 Å². The van der Waals surface area contributed by atoms with Crippen molar-refractivity contribution in [1.82, 2.24) is 9.55 Å². The van der Waals surface area contributed by atoms with Crippen molar-refractivity contribution < 1.29 is 8.78 Å². The maximum absolute atomic E-state index is 14.2. The first-order chi connectivity index (χ1) is 11.7. The molecule has 1 aromatic heterocycles. The summed E-state index contributed by atoms with van der Waals surface area (Å²) in [6.45, 7) is 2.86. The van der Waals surface area contributed by atoms with E-state index in [0.717, 1.165) is 18.2 Å². The van der Waals surface area contributed by atoms with Crippen LogP contribution in [0.3, 0.4) is 0 Å². The first kappa shape index (κ1) is 19.0. The first-order valence-electron chi connectivity index (χ1n) is 8.73. The van der Waals surface area contributed by atoms with Crippen LogP contribution in [0, 0.1) is 11.6 Å². The van der Waals surface area contributed by atoms with Crippen molar-refractivity contribution in [3.63, 3.8) is 0 Å². The molecule has 1 unspecified atom stereocenters. The molecule has 5 heteroatoms. The van der Waals surface area contributed by atoms with E-state index in [1.165, 1.54) is 38.2 Å². The van der Waals surface area contributed by atoms with E-state index < -0.39 is 11.6 Å². The highest BCUT2D eigenvalue weighted by Gasteiger charge is 2.17. The molecule has 1 heterocycles. The Balaban J connectivity index is 1.91. The Bertz CT molecular complexity index is 587. The Kier molecular flexibility index (Phi) is 8.29. The molecule has 2 nitrogen and oxygen atoms in total. The summed E-state index contributed by atoms with van der Waals surface area (Å²) in [5, 5.41) is -0.0320. The van der Waals surface area contributed by atoms with Crippen LogP contribution in [0.25, 0.3) is 0 Å². The molecule has 0 aliphatic carbocycles. The Morgan fingerprint density at radius 3 is 2.62 bits per heavy atom. The third-order valence-electron chi connectivity index (χ3n) is 4.06. The van der Waals surface area contributed by atoms with Crippen molar-refractivity contribution in [3.05, 3.63) is 54.1 Å². The zero-order valence-electron chi connectivity index (χ0n) is 14.3. The predicted molar refractivity (Wildman–Crippen MR) is 97.2 cm³/mol. The molecule has 0 aliphatic heterocycles. The van der Waals surface area contributed by atoms with E-state index in [2.05, 4.69) is 11.9 Å². The molecule has 24 heavy (non-hydrogen) atoms. The lowest BCUT2D eigenvalue weighted by Crippen LogP contribution is -2.08. The van der Waals surface area contributed by atoms with Gasteiger partial charge in [-0.3, -0.25) is 0 Å². The van der Waals surface area contributed by atoms with E-state index in [0.29, 0.717) is 12.1 Å². The number of unbranched alkanes of at least 4 members (excludes halogenated alkanes) is 5. The summed E-state index contributed by atoms with van der Waals surface area (Å²) in [7, 11) is 0. The van der Waals surface area contributed by atoms with Gasteiger partial charge in [0, 0.05) is 30.6 Å². The van der Waals surface area contributed by atoms with Gasteiger partial charge in [-0.05, 0) is 18.2 Å². The fourth-order valence-electron chi connectivity index (χ4n) is 2.70. The van der Waals surface area contributed by atoms with Crippen LogP contribution in [0.15, 0.2) is 36.9 Å². The minimum absolute atomic E-state index is 0.0320. The zero-order valence-corrected chi connectivity index (χ0v) is 15.1. The molecule has 0 spiro atoms. The fraction of sp³-hybridized carbons (Fsp3) is 0.526. The smallest absolute Gasteiger partial charge is 0.130 e. The van der Waals surface area contributed by atoms with Crippen LogP contribution in [0.5, 0.6) is 0 Å². The number of aromatic nitrogens is 2. The first-order valence-corrected chi connectivity index (χ1v) is 9.78. The van der Waals surface area contributed by atoms with Gasteiger partial charge in [-0.25, -0.2) is 13.8 Å². The van der Waals surface area contributed by atoms with Gasteiger partial charge in [0.05, 0.1) is 11.6 Å². The molecule has 0 radical (unpaired) electrons. The van der Waals surface area contributed by atoms with Gasteiger partial charge in [0.1, 0.15) is 11.6 Å². The molecule has 2 aromatic rings. The molecular weight excluding hydrogens is 326 g/mol. The Labute approximate surface area is 147 Å². The molecule has 0 saturated heterocycles. The summed E-state index contributed by atoms with van der Waals surface area (Å²) in [4.78, 5) is 4.04. The molecular formula is C19H26F2N2S. The summed E-state index contributed by atoms with van der Waals surface area (Å²) >= 11 is 1.75. The van der Waals surface area contributed by atoms with Gasteiger partial charge >= 0.3 is 0 Å². The fourth-order valence-corrected chi connectivity index (χ4v) is 4.00. The molecule has 0 fully saturated rings. The lowest BCUT2D eigenvalue weighted by molar-refractivity contribution is 0.561. The largest absolute Gasteiger partial charge is 0.336 e. The topological polar surface area (TPSA) is 17.8 Å². The van der Waals surface area contributed by atoms with Gasteiger partial charge < -0.3 is 4.57 Å². The van der Waals surface area contributed by atoms with Crippen molar-refractivity contribution in [3.8, 4) is 0 Å². The van der Waals surface area contributed by atoms with Crippen LogP contribution in [0.4, 0.5) is 8.78 Å². The summed E-state index contributed by atoms with van der Waals surface area (Å²) in [5.41, 5.74) is 0.570. The Morgan fingerprint density at radius 2 is 1.92 bits per heavy atom. The minimum Gasteiger partial charge on any atom is -0.336 e. The third kappa shape index (κ3) is 6.27. The second-order valence-electron chi connectivity index (χ2n) is 6.05. The van der Waals surface area contributed by atoms with Crippen LogP contribution in [0.2, 0.25) is 0 Å². The quantitative estimate of drug-likeness (QED) is 0.462. The zero-order chi connectivity index (χ0) is 17.2. The van der Waals surface area contributed by atoms with Crippen molar-refractivity contribution in [2.45, 2.75) is 57.2 Å². The highest BCUT2D eigenvalue weighted by atomic mass is 32.2. The lowest BCUT2D eigenvalue weighted by atomic mass is 10.1. The molecule has 0 N–H and O–H groups in total. The summed E-state index contributed by atoms with van der Waals surface area (Å²) in [6.07, 6.45) is 12.8.